The zero-order valence-corrected chi connectivity index (χ0v) is 8.03. The molecule has 0 aromatic carbocycles. The molecule has 1 fully saturated rings. The van der Waals surface area contributed by atoms with Crippen LogP contribution in [0.2, 0.25) is 0 Å². The van der Waals surface area contributed by atoms with Gasteiger partial charge in [-0.2, -0.15) is 0 Å². The Hall–Kier alpha value is -1.25. The number of furan rings is 1. The fourth-order valence-corrected chi connectivity index (χ4v) is 2.14. The summed E-state index contributed by atoms with van der Waals surface area (Å²) in [5.74, 6) is -0.199. The van der Waals surface area contributed by atoms with Crippen molar-refractivity contribution in [1.29, 1.82) is 0 Å². The second-order valence-corrected chi connectivity index (χ2v) is 3.98. The lowest BCUT2D eigenvalue weighted by molar-refractivity contribution is 0.0662. The number of carbonyl (C=O) groups is 1. The molecule has 3 nitrogen and oxygen atoms in total. The Morgan fingerprint density at radius 1 is 1.50 bits per heavy atom. The summed E-state index contributed by atoms with van der Waals surface area (Å²) in [4.78, 5) is 10.6. The summed E-state index contributed by atoms with van der Waals surface area (Å²) in [7, 11) is 0. The summed E-state index contributed by atoms with van der Waals surface area (Å²) in [5.41, 5.74) is 1.02. The molecular formula is C11H14O3. The van der Waals surface area contributed by atoms with Crippen molar-refractivity contribution in [2.45, 2.75) is 32.1 Å². The van der Waals surface area contributed by atoms with E-state index in [1.807, 2.05) is 0 Å². The predicted molar refractivity (Wildman–Crippen MR) is 51.3 cm³/mol. The van der Waals surface area contributed by atoms with Gasteiger partial charge in [0.1, 0.15) is 0 Å². The highest BCUT2D eigenvalue weighted by Crippen LogP contribution is 2.28. The molecule has 0 atom stereocenters. The van der Waals surface area contributed by atoms with E-state index in [1.165, 1.54) is 25.7 Å². The van der Waals surface area contributed by atoms with Crippen molar-refractivity contribution in [2.75, 3.05) is 0 Å². The zero-order valence-electron chi connectivity index (χ0n) is 8.03. The molecule has 0 radical (unpaired) electrons. The molecule has 76 valence electrons. The first kappa shape index (κ1) is 9.31. The van der Waals surface area contributed by atoms with E-state index in [-0.39, 0.29) is 5.76 Å². The smallest absolute Gasteiger partial charge is 0.371 e. The number of aromatic carboxylic acids is 1. The number of carboxylic acids is 1. The minimum absolute atomic E-state index is 0.0537. The van der Waals surface area contributed by atoms with Gasteiger partial charge in [0.05, 0.1) is 6.26 Å². The summed E-state index contributed by atoms with van der Waals surface area (Å²) in [5, 5.41) is 8.67. The third-order valence-corrected chi connectivity index (χ3v) is 2.86. The van der Waals surface area contributed by atoms with Crippen LogP contribution in [0.25, 0.3) is 0 Å². The second-order valence-electron chi connectivity index (χ2n) is 3.98. The molecule has 0 amide bonds. The van der Waals surface area contributed by atoms with Gasteiger partial charge < -0.3 is 9.52 Å². The van der Waals surface area contributed by atoms with E-state index < -0.39 is 5.97 Å². The second kappa shape index (κ2) is 3.86. The van der Waals surface area contributed by atoms with Crippen LogP contribution in [0.15, 0.2) is 16.7 Å². The molecule has 1 saturated carbocycles. The summed E-state index contributed by atoms with van der Waals surface area (Å²) in [6.45, 7) is 0. The van der Waals surface area contributed by atoms with Gasteiger partial charge in [-0.1, -0.05) is 25.7 Å². The summed E-state index contributed by atoms with van der Waals surface area (Å²) < 4.78 is 4.94. The van der Waals surface area contributed by atoms with Crippen LogP contribution in [0.3, 0.4) is 0 Å². The fraction of sp³-hybridized carbons (Fsp3) is 0.545. The molecular weight excluding hydrogens is 180 g/mol. The van der Waals surface area contributed by atoms with E-state index in [0.29, 0.717) is 0 Å². The average Bonchev–Trinajstić information content (AvgIpc) is 2.75. The van der Waals surface area contributed by atoms with Crippen LogP contribution < -0.4 is 0 Å². The molecule has 0 unspecified atom stereocenters. The van der Waals surface area contributed by atoms with Gasteiger partial charge in [-0.3, -0.25) is 0 Å². The zero-order chi connectivity index (χ0) is 9.97. The van der Waals surface area contributed by atoms with E-state index in [2.05, 4.69) is 0 Å². The quantitative estimate of drug-likeness (QED) is 0.804. The molecule has 1 heterocycles. The van der Waals surface area contributed by atoms with E-state index in [9.17, 15) is 4.79 Å². The molecule has 0 spiro atoms. The van der Waals surface area contributed by atoms with Gasteiger partial charge >= 0.3 is 5.97 Å². The van der Waals surface area contributed by atoms with Gasteiger partial charge in [0.2, 0.25) is 5.76 Å². The van der Waals surface area contributed by atoms with Gasteiger partial charge in [-0.25, -0.2) is 4.79 Å². The SMILES string of the molecule is O=C(O)c1cc(CC2CCCC2)co1. The lowest BCUT2D eigenvalue weighted by Gasteiger charge is -2.04. The van der Waals surface area contributed by atoms with Gasteiger partial charge in [0.25, 0.3) is 0 Å². The summed E-state index contributed by atoms with van der Waals surface area (Å²) >= 11 is 0. The van der Waals surface area contributed by atoms with Gasteiger partial charge in [0, 0.05) is 0 Å². The molecule has 0 saturated heterocycles. The number of rotatable bonds is 3. The minimum Gasteiger partial charge on any atom is -0.475 e. The van der Waals surface area contributed by atoms with Crippen molar-refractivity contribution >= 4 is 5.97 Å². The fourth-order valence-electron chi connectivity index (χ4n) is 2.14. The normalized spacial score (nSPS) is 17.4. The standard InChI is InChI=1S/C11H14O3/c12-11(13)10-6-9(7-14-10)5-8-3-1-2-4-8/h6-8H,1-5H2,(H,12,13). The highest BCUT2D eigenvalue weighted by atomic mass is 16.4. The number of hydrogen-bond donors (Lipinski definition) is 1. The average molecular weight is 194 g/mol. The van der Waals surface area contributed by atoms with Gasteiger partial charge in [-0.15, -0.1) is 0 Å². The maximum absolute atomic E-state index is 10.6. The monoisotopic (exact) mass is 194 g/mol. The van der Waals surface area contributed by atoms with E-state index in [1.54, 1.807) is 12.3 Å². The molecule has 1 N–H and O–H groups in total. The highest BCUT2D eigenvalue weighted by Gasteiger charge is 2.17. The molecule has 3 heteroatoms. The molecule has 1 aliphatic carbocycles. The summed E-state index contributed by atoms with van der Waals surface area (Å²) in [6.07, 6.45) is 7.71. The topological polar surface area (TPSA) is 50.4 Å². The highest BCUT2D eigenvalue weighted by molar-refractivity contribution is 5.84. The van der Waals surface area contributed by atoms with E-state index in [0.717, 1.165) is 17.9 Å². The Balaban J connectivity index is 1.98. The van der Waals surface area contributed by atoms with Gasteiger partial charge in [-0.05, 0) is 24.0 Å². The van der Waals surface area contributed by atoms with Crippen LogP contribution in [-0.2, 0) is 6.42 Å². The molecule has 1 aliphatic rings. The number of carboxylic acid groups (broad SMARTS) is 1. The Kier molecular flexibility index (Phi) is 2.57. The van der Waals surface area contributed by atoms with Crippen LogP contribution in [-0.4, -0.2) is 11.1 Å². The van der Waals surface area contributed by atoms with Crippen molar-refractivity contribution in [3.63, 3.8) is 0 Å². The molecule has 14 heavy (non-hydrogen) atoms. The lowest BCUT2D eigenvalue weighted by Crippen LogP contribution is -1.97. The first-order valence-electron chi connectivity index (χ1n) is 5.06. The van der Waals surface area contributed by atoms with E-state index in [4.69, 9.17) is 9.52 Å². The molecule has 0 aliphatic heterocycles. The Morgan fingerprint density at radius 2 is 2.21 bits per heavy atom. The Morgan fingerprint density at radius 3 is 2.79 bits per heavy atom. The summed E-state index contributed by atoms with van der Waals surface area (Å²) in [6, 6.07) is 1.64. The van der Waals surface area contributed by atoms with E-state index >= 15 is 0 Å². The Bertz CT molecular complexity index is 321. The minimum atomic E-state index is -0.984. The van der Waals surface area contributed by atoms with Crippen LogP contribution in [0.1, 0.15) is 41.8 Å². The molecule has 1 aromatic rings. The lowest BCUT2D eigenvalue weighted by atomic mass is 10.00. The first-order valence-corrected chi connectivity index (χ1v) is 5.06. The number of hydrogen-bond acceptors (Lipinski definition) is 2. The third kappa shape index (κ3) is 1.97. The molecule has 1 aromatic heterocycles. The van der Waals surface area contributed by atoms with Crippen LogP contribution in [0.4, 0.5) is 0 Å². The maximum atomic E-state index is 10.6. The third-order valence-electron chi connectivity index (χ3n) is 2.86. The van der Waals surface area contributed by atoms with Crippen LogP contribution >= 0.6 is 0 Å². The molecule has 0 bridgehead atoms. The van der Waals surface area contributed by atoms with Crippen LogP contribution in [0, 0.1) is 5.92 Å². The largest absolute Gasteiger partial charge is 0.475 e. The predicted octanol–water partition coefficient (Wildman–Crippen LogP) is 2.71. The van der Waals surface area contributed by atoms with Crippen molar-refractivity contribution in [3.05, 3.63) is 23.7 Å². The first-order chi connectivity index (χ1) is 6.75. The van der Waals surface area contributed by atoms with Crippen molar-refractivity contribution in [2.24, 2.45) is 5.92 Å². The molecule has 2 rings (SSSR count). The maximum Gasteiger partial charge on any atom is 0.371 e. The van der Waals surface area contributed by atoms with Crippen molar-refractivity contribution < 1.29 is 14.3 Å². The van der Waals surface area contributed by atoms with Crippen molar-refractivity contribution in [3.8, 4) is 0 Å². The van der Waals surface area contributed by atoms with Gasteiger partial charge in [0.15, 0.2) is 0 Å². The Labute approximate surface area is 82.7 Å². The van der Waals surface area contributed by atoms with Crippen LogP contribution in [0.5, 0.6) is 0 Å². The van der Waals surface area contributed by atoms with Crippen molar-refractivity contribution in [1.82, 2.24) is 0 Å².